The number of rotatable bonds is 31. The summed E-state index contributed by atoms with van der Waals surface area (Å²) in [5, 5.41) is 27.5. The molecule has 9 aromatic carbocycles. The number of carbonyl (C=O) groups excluding carboxylic acids is 6. The van der Waals surface area contributed by atoms with Crippen LogP contribution >= 0.6 is 39.1 Å². The van der Waals surface area contributed by atoms with Gasteiger partial charge in [0.15, 0.2) is 11.5 Å². The minimum Gasteiger partial charge on any atom is -0.355 e. The van der Waals surface area contributed by atoms with Crippen molar-refractivity contribution >= 4 is 91.4 Å². The van der Waals surface area contributed by atoms with Crippen LogP contribution in [0.1, 0.15) is 175 Å². The van der Waals surface area contributed by atoms with E-state index in [2.05, 4.69) is 206 Å². The first-order valence-electron chi connectivity index (χ1n) is 46.8. The van der Waals surface area contributed by atoms with Crippen LogP contribution in [0.4, 0.5) is 0 Å². The molecule has 0 spiro atoms. The third-order valence-corrected chi connectivity index (χ3v) is 27.2. The number of hydrogen-bond donors (Lipinski definition) is 6. The Bertz CT molecular complexity index is 5120. The molecule has 129 heavy (non-hydrogen) atoms. The number of carbonyl (C=O) groups is 6. The van der Waals surface area contributed by atoms with Crippen molar-refractivity contribution in [2.45, 2.75) is 157 Å². The summed E-state index contributed by atoms with van der Waals surface area (Å²) in [7, 11) is 0. The van der Waals surface area contributed by atoms with E-state index in [4.69, 9.17) is 27.7 Å². The van der Waals surface area contributed by atoms with E-state index in [9.17, 15) is 28.8 Å². The van der Waals surface area contributed by atoms with E-state index in [0.29, 0.717) is 79.6 Å². The van der Waals surface area contributed by atoms with E-state index in [-0.39, 0.29) is 89.2 Å². The highest BCUT2D eigenvalue weighted by atomic mass is 79.9. The molecule has 6 saturated heterocycles. The van der Waals surface area contributed by atoms with Gasteiger partial charge < -0.3 is 65.8 Å². The SMILES string of the molecule is CC[C@H](CN1CC[C@@H](CNC(=O)c2ccc3cc(Cl)ccc3c2)N[C@@H](CN2CCCCC2)C1=O)c1ccccc1.O=C(/C=C/c1ccc(Br)cc1)NC[C@@H]1CCN(CC(c2ccccc2)c2ccccc2)C(=O)[C@H](CCN2CCCCC2)N1.O=C(NC[C@@H]1CCN(CC(c2ccccc2)c2ccccc2)C(=O)[C@H](CCN2CCCCC2)N1)c1cc(-c2ccc(Cl)cc2)on1. The molecular formula is C106H126BrCl2N13O7. The van der Waals surface area contributed by atoms with Crippen LogP contribution in [0.3, 0.4) is 0 Å². The number of fused-ring (bicyclic) bond motifs is 1. The molecule has 16 rings (SSSR count). The molecule has 0 radical (unpaired) electrons. The van der Waals surface area contributed by atoms with Gasteiger partial charge in [-0.05, 0) is 227 Å². The minimum atomic E-state index is -0.331. The number of benzene rings is 9. The summed E-state index contributed by atoms with van der Waals surface area (Å²) in [6.07, 6.45) is 19.3. The third-order valence-electron chi connectivity index (χ3n) is 26.2. The maximum Gasteiger partial charge on any atom is 0.273 e. The molecule has 6 fully saturated rings. The first-order valence-corrected chi connectivity index (χ1v) is 48.4. The van der Waals surface area contributed by atoms with Crippen LogP contribution in [0.25, 0.3) is 28.2 Å². The van der Waals surface area contributed by atoms with Gasteiger partial charge in [-0.3, -0.25) is 28.8 Å². The largest absolute Gasteiger partial charge is 0.355 e. The summed E-state index contributed by atoms with van der Waals surface area (Å²) < 4.78 is 6.45. The number of aromatic nitrogens is 1. The Morgan fingerprint density at radius 2 is 0.868 bits per heavy atom. The van der Waals surface area contributed by atoms with Crippen LogP contribution < -0.4 is 31.9 Å². The van der Waals surface area contributed by atoms with Crippen LogP contribution in [-0.2, 0) is 19.2 Å². The van der Waals surface area contributed by atoms with Gasteiger partial charge in [-0.2, -0.15) is 0 Å². The Hall–Kier alpha value is -10.2. The number of hydrogen-bond acceptors (Lipinski definition) is 14. The molecular weight excluding hydrogens is 1720 g/mol. The van der Waals surface area contributed by atoms with Crippen molar-refractivity contribution in [1.82, 2.24) is 66.5 Å². The molecule has 6 aliphatic rings. The van der Waals surface area contributed by atoms with Gasteiger partial charge >= 0.3 is 0 Å². The zero-order valence-corrected chi connectivity index (χ0v) is 77.5. The highest BCUT2D eigenvalue weighted by Crippen LogP contribution is 2.32. The predicted molar refractivity (Wildman–Crippen MR) is 522 cm³/mol. The van der Waals surface area contributed by atoms with E-state index >= 15 is 0 Å². The number of halogens is 3. The highest BCUT2D eigenvalue weighted by molar-refractivity contribution is 9.10. The van der Waals surface area contributed by atoms with Crippen LogP contribution in [0.15, 0.2) is 258 Å². The molecule has 6 aliphatic heterocycles. The quantitative estimate of drug-likeness (QED) is 0.0223. The summed E-state index contributed by atoms with van der Waals surface area (Å²) in [6.45, 7) is 16.4. The Balaban J connectivity index is 0.000000157. The minimum absolute atomic E-state index is 0.0113. The number of amides is 6. The summed E-state index contributed by atoms with van der Waals surface area (Å²) in [4.78, 5) is 94.7. The molecule has 0 aliphatic carbocycles. The summed E-state index contributed by atoms with van der Waals surface area (Å²) in [6, 6.07) is 79.5. The Morgan fingerprint density at radius 1 is 0.450 bits per heavy atom. The molecule has 1 aromatic heterocycles. The second-order valence-corrected chi connectivity index (χ2v) is 37.1. The lowest BCUT2D eigenvalue weighted by Crippen LogP contribution is -2.54. The van der Waals surface area contributed by atoms with Crippen LogP contribution in [-0.4, -0.2) is 224 Å². The zero-order chi connectivity index (χ0) is 89.5. The van der Waals surface area contributed by atoms with Gasteiger partial charge in [-0.1, -0.05) is 246 Å². The van der Waals surface area contributed by atoms with Crippen molar-refractivity contribution in [2.24, 2.45) is 0 Å². The fourth-order valence-electron chi connectivity index (χ4n) is 18.8. The molecule has 7 heterocycles. The summed E-state index contributed by atoms with van der Waals surface area (Å²) in [5.74, 6) is 0.896. The lowest BCUT2D eigenvalue weighted by atomic mass is 9.90. The van der Waals surface area contributed by atoms with E-state index in [1.54, 1.807) is 24.3 Å². The number of nitrogens with one attached hydrogen (secondary N) is 6. The molecule has 20 nitrogen and oxygen atoms in total. The number of likely N-dealkylation sites (tertiary alicyclic amines) is 3. The fraction of sp³-hybridized carbons (Fsp3) is 0.406. The maximum absolute atomic E-state index is 14.2. The maximum atomic E-state index is 14.2. The zero-order valence-electron chi connectivity index (χ0n) is 74.4. The van der Waals surface area contributed by atoms with E-state index in [1.807, 2.05) is 114 Å². The second-order valence-electron chi connectivity index (χ2n) is 35.3. The van der Waals surface area contributed by atoms with Crippen molar-refractivity contribution in [2.75, 3.05) is 118 Å². The van der Waals surface area contributed by atoms with Crippen molar-refractivity contribution in [3.05, 3.63) is 308 Å². The molecule has 6 N–H and O–H groups in total. The number of nitrogens with zero attached hydrogens (tertiary/aromatic N) is 7. The van der Waals surface area contributed by atoms with Gasteiger partial charge in [0, 0.05) is 152 Å². The van der Waals surface area contributed by atoms with Gasteiger partial charge in [0.05, 0.1) is 18.1 Å². The lowest BCUT2D eigenvalue weighted by molar-refractivity contribution is -0.134. The van der Waals surface area contributed by atoms with Crippen molar-refractivity contribution in [3.8, 4) is 11.3 Å². The molecule has 7 atom stereocenters. The van der Waals surface area contributed by atoms with Crippen LogP contribution in [0.2, 0.25) is 10.0 Å². The van der Waals surface area contributed by atoms with Gasteiger partial charge in [0.1, 0.15) is 0 Å². The van der Waals surface area contributed by atoms with Gasteiger partial charge in [0.2, 0.25) is 23.6 Å². The molecule has 0 bridgehead atoms. The Kier molecular flexibility index (Phi) is 36.2. The smallest absolute Gasteiger partial charge is 0.273 e. The highest BCUT2D eigenvalue weighted by Gasteiger charge is 2.38. The van der Waals surface area contributed by atoms with Crippen molar-refractivity contribution in [3.63, 3.8) is 0 Å². The molecule has 6 amide bonds. The van der Waals surface area contributed by atoms with Crippen molar-refractivity contribution in [1.29, 1.82) is 0 Å². The van der Waals surface area contributed by atoms with Gasteiger partial charge in [-0.25, -0.2) is 0 Å². The second kappa shape index (κ2) is 49.2. The first kappa shape index (κ1) is 94.9. The standard InChI is InChI=1S/C37H42ClN5O3.C36H43BrN4O2.C33H41ClN4O2/c38-30-16-14-29(15-17-30)35-24-34(41-46-35)36(44)39-25-31-18-23-43(37(45)33(40-31)19-22-42-20-8-3-9-21-42)26-32(27-10-4-1-5-11-27)28-12-6-2-7-13-28;37-31-17-14-28(15-18-31)16-19-35(42)38-26-32-20-25-41(36(43)34(39-32)21-24-40-22-8-3-9-23-40)27-33(29-10-4-1-5-11-29)30-12-6-2-7-13-30;1-2-24(25-9-5-3-6-10-25)22-38-18-15-30(36-31(33(38)40)23-37-16-7-4-8-17-37)21-35-32(39)28-12-11-27-20-29(34)14-13-26(27)19-28/h1-2,4-7,10-17,24,31-33,40H,3,8-9,18-23,25-26H2,(H,39,44);1-2,4-7,10-19,32-34,39H,3,8-9,20-27H2,(H,38,42);3,5-6,9-14,19-20,24,30-31,36H,2,4,7-8,15-18,21-23H2,1H3,(H,35,39)/b;19-16+;/t31-,33-;32-,34-;24-,30+,31+/m001/s1. The average Bonchev–Trinajstić information content (AvgIpc) is 1.75. The van der Waals surface area contributed by atoms with Gasteiger partial charge in [0.25, 0.3) is 11.8 Å². The third kappa shape index (κ3) is 28.4. The van der Waals surface area contributed by atoms with E-state index in [0.717, 1.165) is 130 Å². The Labute approximate surface area is 780 Å². The monoisotopic (exact) mass is 1840 g/mol. The normalized spacial score (nSPS) is 20.1. The number of piperidine rings is 3. The first-order chi connectivity index (χ1) is 63.1. The van der Waals surface area contributed by atoms with Crippen LogP contribution in [0, 0.1) is 0 Å². The Morgan fingerprint density at radius 3 is 1.36 bits per heavy atom. The average molecular weight is 1850 g/mol. The molecule has 0 saturated carbocycles. The molecule has 0 unspecified atom stereocenters. The lowest BCUT2D eigenvalue weighted by Gasteiger charge is -2.33. The molecule has 678 valence electrons. The van der Waals surface area contributed by atoms with E-state index in [1.165, 1.54) is 85.6 Å². The van der Waals surface area contributed by atoms with Crippen molar-refractivity contribution < 1.29 is 33.3 Å². The topological polar surface area (TPSA) is 220 Å². The predicted octanol–water partition coefficient (Wildman–Crippen LogP) is 17.3. The fourth-order valence-corrected chi connectivity index (χ4v) is 19.4. The summed E-state index contributed by atoms with van der Waals surface area (Å²) in [5.41, 5.74) is 8.69. The molecule has 10 aromatic rings. The molecule has 23 heteroatoms. The van der Waals surface area contributed by atoms with E-state index < -0.39 is 0 Å². The van der Waals surface area contributed by atoms with Gasteiger partial charge in [-0.15, -0.1) is 0 Å². The van der Waals surface area contributed by atoms with Crippen LogP contribution in [0.5, 0.6) is 0 Å². The summed E-state index contributed by atoms with van der Waals surface area (Å²) >= 11 is 15.6.